The van der Waals surface area contributed by atoms with Crippen LogP contribution in [0, 0.1) is 12.1 Å². The van der Waals surface area contributed by atoms with Crippen LogP contribution in [-0.2, 0) is 31.9 Å². The van der Waals surface area contributed by atoms with E-state index in [0.717, 1.165) is 71.6 Å². The third-order valence-electron chi connectivity index (χ3n) is 9.64. The van der Waals surface area contributed by atoms with Gasteiger partial charge < -0.3 is 18.7 Å². The van der Waals surface area contributed by atoms with E-state index in [0.29, 0.717) is 11.6 Å². The average Bonchev–Trinajstić information content (AvgIpc) is 3.64. The van der Waals surface area contributed by atoms with Gasteiger partial charge in [0.05, 0.1) is 16.8 Å². The summed E-state index contributed by atoms with van der Waals surface area (Å²) < 4.78 is 15.5. The summed E-state index contributed by atoms with van der Waals surface area (Å²) in [4.78, 5) is 9.99. The van der Waals surface area contributed by atoms with Crippen LogP contribution in [0.2, 0.25) is 0 Å². The molecule has 0 bridgehead atoms. The SMILES string of the molecule is CC(C)(C)c1cc[c-]c(-n2c3ccccc3c3ccc(Oc4[c-]c(-c5cc(C(C)(C)C)ccn5)c5oc6cccc7ccc4c5c76)nc32)c1.[Pt+2]. The molecule has 0 fully saturated rings. The molecule has 50 heavy (non-hydrogen) atoms. The van der Waals surface area contributed by atoms with Crippen molar-refractivity contribution < 1.29 is 30.2 Å². The molecule has 9 rings (SSSR count). The number of ether oxygens (including phenoxy) is 1. The molecule has 0 spiro atoms. The Morgan fingerprint density at radius 1 is 0.740 bits per heavy atom. The summed E-state index contributed by atoms with van der Waals surface area (Å²) in [7, 11) is 0. The van der Waals surface area contributed by atoms with E-state index in [4.69, 9.17) is 19.1 Å². The van der Waals surface area contributed by atoms with Crippen LogP contribution in [0.15, 0.2) is 108 Å². The van der Waals surface area contributed by atoms with Crippen LogP contribution in [0.5, 0.6) is 11.6 Å². The number of benzene rings is 5. The second kappa shape index (κ2) is 11.5. The Morgan fingerprint density at radius 2 is 1.52 bits per heavy atom. The van der Waals surface area contributed by atoms with Crippen molar-refractivity contribution in [1.29, 1.82) is 0 Å². The number of hydrogen-bond donors (Lipinski definition) is 0. The Bertz CT molecular complexity index is 2720. The van der Waals surface area contributed by atoms with Crippen LogP contribution >= 0.6 is 0 Å². The van der Waals surface area contributed by atoms with Crippen LogP contribution in [0.4, 0.5) is 0 Å². The molecule has 4 heterocycles. The van der Waals surface area contributed by atoms with Crippen molar-refractivity contribution in [2.75, 3.05) is 0 Å². The first kappa shape index (κ1) is 32.2. The van der Waals surface area contributed by atoms with Gasteiger partial charge in [-0.1, -0.05) is 113 Å². The second-order valence-electron chi connectivity index (χ2n) is 15.0. The third-order valence-corrected chi connectivity index (χ3v) is 9.64. The number of fused-ring (bicyclic) bond motifs is 3. The van der Waals surface area contributed by atoms with Crippen molar-refractivity contribution in [3.05, 3.63) is 127 Å². The summed E-state index contributed by atoms with van der Waals surface area (Å²) >= 11 is 0. The van der Waals surface area contributed by atoms with E-state index in [2.05, 4.69) is 131 Å². The van der Waals surface area contributed by atoms with Crippen molar-refractivity contribution in [3.63, 3.8) is 0 Å². The van der Waals surface area contributed by atoms with Gasteiger partial charge in [-0.3, -0.25) is 0 Å². The topological polar surface area (TPSA) is 53.1 Å². The van der Waals surface area contributed by atoms with Crippen molar-refractivity contribution in [1.82, 2.24) is 14.5 Å². The van der Waals surface area contributed by atoms with E-state index < -0.39 is 0 Å². The fourth-order valence-corrected chi connectivity index (χ4v) is 7.00. The van der Waals surface area contributed by atoms with Crippen LogP contribution in [0.3, 0.4) is 0 Å². The predicted octanol–water partition coefficient (Wildman–Crippen LogP) is 11.7. The number of hydrogen-bond acceptors (Lipinski definition) is 4. The molecule has 4 aromatic heterocycles. The number of nitrogens with zero attached hydrogens (tertiary/aromatic N) is 3. The van der Waals surface area contributed by atoms with E-state index in [1.54, 1.807) is 0 Å². The molecule has 0 aliphatic rings. The predicted molar refractivity (Wildman–Crippen MR) is 199 cm³/mol. The molecule has 0 unspecified atom stereocenters. The zero-order valence-electron chi connectivity index (χ0n) is 28.8. The van der Waals surface area contributed by atoms with E-state index in [1.807, 2.05) is 30.5 Å². The monoisotopic (exact) mass is 832 g/mol. The molecule has 0 saturated heterocycles. The molecule has 0 N–H and O–H groups in total. The number of aromatic nitrogens is 3. The fraction of sp³-hybridized carbons (Fsp3) is 0.182. The molecule has 0 amide bonds. The zero-order chi connectivity index (χ0) is 33.7. The van der Waals surface area contributed by atoms with Crippen LogP contribution in [0.1, 0.15) is 52.7 Å². The van der Waals surface area contributed by atoms with Gasteiger partial charge in [0, 0.05) is 28.4 Å². The minimum atomic E-state index is -0.0487. The first-order valence-electron chi connectivity index (χ1n) is 16.7. The molecular weight excluding hydrogens is 798 g/mol. The second-order valence-corrected chi connectivity index (χ2v) is 15.0. The number of rotatable bonds is 4. The Labute approximate surface area is 305 Å². The molecule has 0 radical (unpaired) electrons. The van der Waals surface area contributed by atoms with E-state index in [-0.39, 0.29) is 31.9 Å². The summed E-state index contributed by atoms with van der Waals surface area (Å²) in [6.07, 6.45) is 1.86. The molecular formula is C44H35N3O2Pt. The van der Waals surface area contributed by atoms with Gasteiger partial charge in [-0.05, 0) is 57.1 Å². The first-order chi connectivity index (χ1) is 23.5. The van der Waals surface area contributed by atoms with Crippen LogP contribution in [0.25, 0.3) is 71.6 Å². The van der Waals surface area contributed by atoms with Gasteiger partial charge in [-0.2, -0.15) is 28.7 Å². The number of furan rings is 1. The average molecular weight is 833 g/mol. The molecule has 5 aromatic carbocycles. The van der Waals surface area contributed by atoms with Crippen LogP contribution < -0.4 is 4.74 Å². The zero-order valence-corrected chi connectivity index (χ0v) is 31.1. The summed E-state index contributed by atoms with van der Waals surface area (Å²) in [6.45, 7) is 13.3. The maximum absolute atomic E-state index is 6.78. The third kappa shape index (κ3) is 5.10. The minimum absolute atomic E-state index is 0. The van der Waals surface area contributed by atoms with Crippen LogP contribution in [-0.4, -0.2) is 14.5 Å². The Balaban J connectivity index is 0.00000361. The van der Waals surface area contributed by atoms with Crippen molar-refractivity contribution in [2.24, 2.45) is 0 Å². The smallest absolute Gasteiger partial charge is 0.501 e. The largest absolute Gasteiger partial charge is 2.00 e. The van der Waals surface area contributed by atoms with Gasteiger partial charge in [-0.25, -0.2) is 0 Å². The molecule has 0 aliphatic carbocycles. The van der Waals surface area contributed by atoms with E-state index in [9.17, 15) is 0 Å². The van der Waals surface area contributed by atoms with E-state index >= 15 is 0 Å². The molecule has 5 nitrogen and oxygen atoms in total. The fourth-order valence-electron chi connectivity index (χ4n) is 7.00. The van der Waals surface area contributed by atoms with Gasteiger partial charge >= 0.3 is 21.1 Å². The molecule has 6 heteroatoms. The quantitative estimate of drug-likeness (QED) is 0.131. The first-order valence-corrected chi connectivity index (χ1v) is 16.7. The summed E-state index contributed by atoms with van der Waals surface area (Å²) in [5, 5.41) is 6.27. The van der Waals surface area contributed by atoms with Crippen molar-refractivity contribution in [3.8, 4) is 28.6 Å². The maximum Gasteiger partial charge on any atom is 2.00 e. The summed E-state index contributed by atoms with van der Waals surface area (Å²) in [6, 6.07) is 40.5. The van der Waals surface area contributed by atoms with Gasteiger partial charge in [0.2, 0.25) is 5.88 Å². The maximum atomic E-state index is 6.78. The van der Waals surface area contributed by atoms with Crippen molar-refractivity contribution >= 4 is 54.6 Å². The molecule has 0 aliphatic heterocycles. The summed E-state index contributed by atoms with van der Waals surface area (Å²) in [5.41, 5.74) is 8.31. The molecule has 0 saturated carbocycles. The molecule has 0 atom stereocenters. The van der Waals surface area contributed by atoms with Gasteiger partial charge in [0.1, 0.15) is 11.2 Å². The molecule has 248 valence electrons. The molecule has 9 aromatic rings. The Hall–Kier alpha value is -4.99. The van der Waals surface area contributed by atoms with Gasteiger partial charge in [-0.15, -0.1) is 6.07 Å². The Morgan fingerprint density at radius 3 is 2.34 bits per heavy atom. The Kier molecular flexibility index (Phi) is 7.43. The van der Waals surface area contributed by atoms with Gasteiger partial charge in [0.25, 0.3) is 0 Å². The standard InChI is InChI=1S/C44H35N3O2.Pt/c1-43(2,3)27-12-10-13-29(23-27)47-35-15-8-7-14-30(35)31-19-20-38(46-42(31)47)48-37-25-33(34-24-28(21-22-45-34)44(4,5)6)41-40-32(37)18-17-26-11-9-16-36(49-41)39(26)40;/h7-12,14-24H,1-6H3;/q-2;+2. The number of para-hydroxylation sites is 1. The van der Waals surface area contributed by atoms with Gasteiger partial charge in [0.15, 0.2) is 0 Å². The normalized spacial score (nSPS) is 12.4. The number of pyridine rings is 2. The van der Waals surface area contributed by atoms with Crippen molar-refractivity contribution in [2.45, 2.75) is 52.4 Å². The minimum Gasteiger partial charge on any atom is -0.501 e. The van der Waals surface area contributed by atoms with E-state index in [1.165, 1.54) is 11.1 Å². The summed E-state index contributed by atoms with van der Waals surface area (Å²) in [5.74, 6) is 1.06.